The second-order valence-electron chi connectivity index (χ2n) is 4.03. The highest BCUT2D eigenvalue weighted by atomic mass is 16.2. The van der Waals surface area contributed by atoms with Crippen LogP contribution < -0.4 is 16.4 Å². The fourth-order valence-electron chi connectivity index (χ4n) is 1.49. The Balaban J connectivity index is 2.43. The Hall–Kier alpha value is -1.39. The molecule has 94 valence electrons. The van der Waals surface area contributed by atoms with Crippen LogP contribution in [0.15, 0.2) is 24.3 Å². The van der Waals surface area contributed by atoms with Crippen LogP contribution in [-0.4, -0.2) is 25.5 Å². The van der Waals surface area contributed by atoms with Gasteiger partial charge in [-0.1, -0.05) is 36.8 Å². The Bertz CT molecular complexity index is 348. The van der Waals surface area contributed by atoms with Gasteiger partial charge >= 0.3 is 0 Å². The molecule has 0 fully saturated rings. The Morgan fingerprint density at radius 2 is 1.94 bits per heavy atom. The first-order valence-electron chi connectivity index (χ1n) is 5.95. The third kappa shape index (κ3) is 4.54. The molecular weight excluding hydrogens is 214 g/mol. The molecule has 1 unspecified atom stereocenters. The Labute approximate surface area is 103 Å². The number of hydrogen-bond acceptors (Lipinski definition) is 3. The molecule has 0 aliphatic carbocycles. The molecule has 0 saturated carbocycles. The maximum atomic E-state index is 11.7. The third-order valence-electron chi connectivity index (χ3n) is 2.57. The number of hydrogen-bond donors (Lipinski definition) is 3. The van der Waals surface area contributed by atoms with Gasteiger partial charge in [0.2, 0.25) is 5.91 Å². The van der Waals surface area contributed by atoms with Crippen LogP contribution in [0.4, 0.5) is 0 Å². The van der Waals surface area contributed by atoms with Gasteiger partial charge in [0.05, 0.1) is 0 Å². The highest BCUT2D eigenvalue weighted by Gasteiger charge is 2.14. The van der Waals surface area contributed by atoms with E-state index in [1.807, 2.05) is 38.1 Å². The van der Waals surface area contributed by atoms with Gasteiger partial charge in [-0.2, -0.15) is 0 Å². The van der Waals surface area contributed by atoms with Gasteiger partial charge in [-0.15, -0.1) is 0 Å². The van der Waals surface area contributed by atoms with E-state index < -0.39 is 6.04 Å². The molecule has 1 rings (SSSR count). The molecule has 4 N–H and O–H groups in total. The molecule has 0 bridgehead atoms. The van der Waals surface area contributed by atoms with Crippen LogP contribution in [0.1, 0.15) is 24.1 Å². The van der Waals surface area contributed by atoms with Crippen molar-refractivity contribution in [2.45, 2.75) is 19.9 Å². The molecule has 0 radical (unpaired) electrons. The zero-order valence-corrected chi connectivity index (χ0v) is 10.5. The molecule has 4 heteroatoms. The van der Waals surface area contributed by atoms with Crippen LogP contribution in [0, 0.1) is 6.92 Å². The average Bonchev–Trinajstić information content (AvgIpc) is 2.34. The predicted octanol–water partition coefficient (Wildman–Crippen LogP) is 0.721. The Morgan fingerprint density at radius 1 is 1.29 bits per heavy atom. The van der Waals surface area contributed by atoms with Crippen LogP contribution in [0.25, 0.3) is 0 Å². The van der Waals surface area contributed by atoms with E-state index in [0.29, 0.717) is 6.54 Å². The van der Waals surface area contributed by atoms with E-state index in [9.17, 15) is 4.79 Å². The van der Waals surface area contributed by atoms with Crippen molar-refractivity contribution in [3.63, 3.8) is 0 Å². The van der Waals surface area contributed by atoms with Gasteiger partial charge in [-0.05, 0) is 19.0 Å². The minimum Gasteiger partial charge on any atom is -0.353 e. The highest BCUT2D eigenvalue weighted by molar-refractivity contribution is 5.82. The van der Waals surface area contributed by atoms with Crippen LogP contribution in [0.5, 0.6) is 0 Å². The topological polar surface area (TPSA) is 67.1 Å². The van der Waals surface area contributed by atoms with Crippen LogP contribution >= 0.6 is 0 Å². The summed E-state index contributed by atoms with van der Waals surface area (Å²) in [6, 6.07) is 7.12. The third-order valence-corrected chi connectivity index (χ3v) is 2.57. The standard InChI is InChI=1S/C13H21N3O/c1-3-15-8-9-16-13(17)12(14)11-6-4-10(2)5-7-11/h4-7,12,15H,3,8-9,14H2,1-2H3,(H,16,17). The zero-order chi connectivity index (χ0) is 12.7. The van der Waals surface area contributed by atoms with Crippen molar-refractivity contribution < 1.29 is 4.79 Å². The zero-order valence-electron chi connectivity index (χ0n) is 10.5. The van der Waals surface area contributed by atoms with Crippen molar-refractivity contribution in [1.82, 2.24) is 10.6 Å². The molecule has 0 aliphatic rings. The number of benzene rings is 1. The van der Waals surface area contributed by atoms with E-state index in [4.69, 9.17) is 5.73 Å². The van der Waals surface area contributed by atoms with Crippen molar-refractivity contribution >= 4 is 5.91 Å². The van der Waals surface area contributed by atoms with Crippen molar-refractivity contribution in [2.75, 3.05) is 19.6 Å². The summed E-state index contributed by atoms with van der Waals surface area (Å²) in [6.07, 6.45) is 0. The molecule has 1 atom stereocenters. The summed E-state index contributed by atoms with van der Waals surface area (Å²) in [4.78, 5) is 11.7. The highest BCUT2D eigenvalue weighted by Crippen LogP contribution is 2.11. The summed E-state index contributed by atoms with van der Waals surface area (Å²) in [6.45, 7) is 6.31. The summed E-state index contributed by atoms with van der Waals surface area (Å²) in [5.41, 5.74) is 7.88. The van der Waals surface area contributed by atoms with E-state index in [0.717, 1.165) is 24.2 Å². The number of carbonyl (C=O) groups excluding carboxylic acids is 1. The second-order valence-corrected chi connectivity index (χ2v) is 4.03. The number of nitrogens with two attached hydrogens (primary N) is 1. The molecular formula is C13H21N3O. The van der Waals surface area contributed by atoms with Crippen LogP contribution in [0.3, 0.4) is 0 Å². The minimum atomic E-state index is -0.586. The van der Waals surface area contributed by atoms with E-state index in [-0.39, 0.29) is 5.91 Å². The van der Waals surface area contributed by atoms with E-state index in [1.54, 1.807) is 0 Å². The molecule has 1 amide bonds. The molecule has 0 aliphatic heterocycles. The molecule has 0 heterocycles. The van der Waals surface area contributed by atoms with Gasteiger partial charge in [0, 0.05) is 13.1 Å². The average molecular weight is 235 g/mol. The molecule has 1 aromatic carbocycles. The van der Waals surface area contributed by atoms with Gasteiger partial charge in [0.25, 0.3) is 0 Å². The van der Waals surface area contributed by atoms with E-state index in [2.05, 4.69) is 10.6 Å². The maximum absolute atomic E-state index is 11.7. The summed E-state index contributed by atoms with van der Waals surface area (Å²) in [7, 11) is 0. The SMILES string of the molecule is CCNCCNC(=O)C(N)c1ccc(C)cc1. The second kappa shape index (κ2) is 7.04. The summed E-state index contributed by atoms with van der Waals surface area (Å²) < 4.78 is 0. The molecule has 1 aromatic rings. The van der Waals surface area contributed by atoms with Gasteiger partial charge < -0.3 is 16.4 Å². The lowest BCUT2D eigenvalue weighted by atomic mass is 10.1. The van der Waals surface area contributed by atoms with E-state index in [1.165, 1.54) is 0 Å². The van der Waals surface area contributed by atoms with Gasteiger partial charge in [-0.3, -0.25) is 4.79 Å². The fraction of sp³-hybridized carbons (Fsp3) is 0.462. The summed E-state index contributed by atoms with van der Waals surface area (Å²) in [5.74, 6) is -0.133. The summed E-state index contributed by atoms with van der Waals surface area (Å²) >= 11 is 0. The minimum absolute atomic E-state index is 0.133. The smallest absolute Gasteiger partial charge is 0.241 e. The monoisotopic (exact) mass is 235 g/mol. The van der Waals surface area contributed by atoms with Crippen molar-refractivity contribution in [3.05, 3.63) is 35.4 Å². The van der Waals surface area contributed by atoms with E-state index >= 15 is 0 Å². The summed E-state index contributed by atoms with van der Waals surface area (Å²) in [5, 5.41) is 5.94. The van der Waals surface area contributed by atoms with Crippen LogP contribution in [0.2, 0.25) is 0 Å². The molecule has 4 nitrogen and oxygen atoms in total. The lowest BCUT2D eigenvalue weighted by Gasteiger charge is -2.12. The van der Waals surface area contributed by atoms with Crippen molar-refractivity contribution in [2.24, 2.45) is 5.73 Å². The van der Waals surface area contributed by atoms with Gasteiger partial charge in [0.1, 0.15) is 6.04 Å². The lowest BCUT2D eigenvalue weighted by Crippen LogP contribution is -2.37. The number of rotatable bonds is 6. The fourth-order valence-corrected chi connectivity index (χ4v) is 1.49. The first-order valence-corrected chi connectivity index (χ1v) is 5.95. The molecule has 0 aromatic heterocycles. The Morgan fingerprint density at radius 3 is 2.53 bits per heavy atom. The quantitative estimate of drug-likeness (QED) is 0.636. The number of nitrogens with one attached hydrogen (secondary N) is 2. The molecule has 0 saturated heterocycles. The lowest BCUT2D eigenvalue weighted by molar-refractivity contribution is -0.122. The molecule has 0 spiro atoms. The normalized spacial score (nSPS) is 12.2. The van der Waals surface area contributed by atoms with Gasteiger partial charge in [-0.25, -0.2) is 0 Å². The van der Waals surface area contributed by atoms with Crippen molar-refractivity contribution in [3.8, 4) is 0 Å². The Kier molecular flexibility index (Phi) is 5.66. The number of aryl methyl sites for hydroxylation is 1. The largest absolute Gasteiger partial charge is 0.353 e. The number of carbonyl (C=O) groups is 1. The first-order chi connectivity index (χ1) is 8.15. The number of amides is 1. The van der Waals surface area contributed by atoms with Gasteiger partial charge in [0.15, 0.2) is 0 Å². The predicted molar refractivity (Wildman–Crippen MR) is 69.7 cm³/mol. The maximum Gasteiger partial charge on any atom is 0.241 e. The number of likely N-dealkylation sites (N-methyl/N-ethyl adjacent to an activating group) is 1. The van der Waals surface area contributed by atoms with Crippen molar-refractivity contribution in [1.29, 1.82) is 0 Å². The molecule has 17 heavy (non-hydrogen) atoms. The first kappa shape index (κ1) is 13.7. The van der Waals surface area contributed by atoms with Crippen LogP contribution in [-0.2, 0) is 4.79 Å².